The van der Waals surface area contributed by atoms with Crippen molar-refractivity contribution in [1.29, 1.82) is 0 Å². The van der Waals surface area contributed by atoms with Gasteiger partial charge in [-0.1, -0.05) is 54.6 Å². The minimum atomic E-state index is 0.775. The summed E-state index contributed by atoms with van der Waals surface area (Å²) in [6.45, 7) is 5.38. The SMILES string of the molecule is C=CCN(NCc1ccccc1)c1ccccc1. The summed E-state index contributed by atoms with van der Waals surface area (Å²) in [7, 11) is 0. The van der Waals surface area contributed by atoms with Gasteiger partial charge in [0.2, 0.25) is 0 Å². The fraction of sp³-hybridized carbons (Fsp3) is 0.125. The molecule has 0 unspecified atom stereocenters. The van der Waals surface area contributed by atoms with Gasteiger partial charge in [0.05, 0.1) is 12.2 Å². The molecule has 2 aromatic carbocycles. The van der Waals surface area contributed by atoms with Crippen LogP contribution in [0.4, 0.5) is 5.69 Å². The second kappa shape index (κ2) is 6.62. The Morgan fingerprint density at radius 1 is 0.944 bits per heavy atom. The molecular weight excluding hydrogens is 220 g/mol. The van der Waals surface area contributed by atoms with E-state index in [-0.39, 0.29) is 0 Å². The molecule has 0 amide bonds. The Hall–Kier alpha value is -2.06. The molecule has 2 nitrogen and oxygen atoms in total. The first-order valence-corrected chi connectivity index (χ1v) is 6.11. The van der Waals surface area contributed by atoms with E-state index in [1.165, 1.54) is 5.56 Å². The number of hydrogen-bond acceptors (Lipinski definition) is 2. The van der Waals surface area contributed by atoms with E-state index < -0.39 is 0 Å². The van der Waals surface area contributed by atoms with Crippen molar-refractivity contribution in [2.24, 2.45) is 0 Å². The highest BCUT2D eigenvalue weighted by Gasteiger charge is 2.02. The van der Waals surface area contributed by atoms with Crippen LogP contribution in [0.1, 0.15) is 5.56 Å². The van der Waals surface area contributed by atoms with E-state index in [4.69, 9.17) is 0 Å². The number of rotatable bonds is 6. The summed E-state index contributed by atoms with van der Waals surface area (Å²) in [6, 6.07) is 20.6. The van der Waals surface area contributed by atoms with E-state index in [0.29, 0.717) is 0 Å². The maximum atomic E-state index is 3.80. The zero-order valence-electron chi connectivity index (χ0n) is 10.4. The van der Waals surface area contributed by atoms with Crippen LogP contribution in [0.15, 0.2) is 73.3 Å². The number of hydrazine groups is 1. The summed E-state index contributed by atoms with van der Waals surface area (Å²) < 4.78 is 0. The van der Waals surface area contributed by atoms with Crippen molar-refractivity contribution in [3.8, 4) is 0 Å². The Bertz CT molecular complexity index is 465. The van der Waals surface area contributed by atoms with Crippen LogP contribution in [-0.4, -0.2) is 6.54 Å². The van der Waals surface area contributed by atoms with Crippen molar-refractivity contribution >= 4 is 5.69 Å². The third kappa shape index (κ3) is 3.47. The zero-order valence-corrected chi connectivity index (χ0v) is 10.4. The molecule has 0 saturated carbocycles. The van der Waals surface area contributed by atoms with Crippen LogP contribution in [0.3, 0.4) is 0 Å². The molecule has 0 aliphatic carbocycles. The summed E-state index contributed by atoms with van der Waals surface area (Å²) in [5.41, 5.74) is 5.83. The molecule has 0 aliphatic heterocycles. The number of para-hydroxylation sites is 1. The van der Waals surface area contributed by atoms with Gasteiger partial charge in [-0.3, -0.25) is 0 Å². The molecule has 0 aliphatic rings. The van der Waals surface area contributed by atoms with Gasteiger partial charge in [0.1, 0.15) is 0 Å². The van der Waals surface area contributed by atoms with Crippen LogP contribution in [0.2, 0.25) is 0 Å². The first-order valence-electron chi connectivity index (χ1n) is 6.11. The van der Waals surface area contributed by atoms with Gasteiger partial charge in [0.15, 0.2) is 0 Å². The van der Waals surface area contributed by atoms with Gasteiger partial charge in [-0.25, -0.2) is 5.43 Å². The van der Waals surface area contributed by atoms with E-state index in [9.17, 15) is 0 Å². The Labute approximate surface area is 109 Å². The molecule has 18 heavy (non-hydrogen) atoms. The molecule has 2 heteroatoms. The lowest BCUT2D eigenvalue weighted by Crippen LogP contribution is -2.37. The van der Waals surface area contributed by atoms with Crippen molar-refractivity contribution in [2.75, 3.05) is 11.6 Å². The molecule has 0 saturated heterocycles. The van der Waals surface area contributed by atoms with Gasteiger partial charge in [0.25, 0.3) is 0 Å². The maximum Gasteiger partial charge on any atom is 0.0523 e. The molecule has 92 valence electrons. The molecule has 0 fully saturated rings. The van der Waals surface area contributed by atoms with Crippen LogP contribution < -0.4 is 10.4 Å². The highest BCUT2D eigenvalue weighted by molar-refractivity contribution is 5.45. The second-order valence-electron chi connectivity index (χ2n) is 4.06. The molecule has 2 rings (SSSR count). The number of hydrogen-bond donors (Lipinski definition) is 1. The third-order valence-electron chi connectivity index (χ3n) is 2.70. The van der Waals surface area contributed by atoms with Crippen molar-refractivity contribution in [3.05, 3.63) is 78.9 Å². The fourth-order valence-corrected chi connectivity index (χ4v) is 1.78. The van der Waals surface area contributed by atoms with E-state index >= 15 is 0 Å². The van der Waals surface area contributed by atoms with Crippen molar-refractivity contribution < 1.29 is 0 Å². The number of nitrogens with zero attached hydrogens (tertiary/aromatic N) is 1. The molecule has 0 radical (unpaired) electrons. The number of anilines is 1. The van der Waals surface area contributed by atoms with Gasteiger partial charge in [0, 0.05) is 6.54 Å². The van der Waals surface area contributed by atoms with Gasteiger partial charge in [-0.15, -0.1) is 6.58 Å². The average molecular weight is 238 g/mol. The molecular formula is C16H18N2. The van der Waals surface area contributed by atoms with Crippen LogP contribution in [0.25, 0.3) is 0 Å². The standard InChI is InChI=1S/C16H18N2/c1-2-13-18(16-11-7-4-8-12-16)17-14-15-9-5-3-6-10-15/h2-12,17H,1,13-14H2. The summed E-state index contributed by atoms with van der Waals surface area (Å²) in [5, 5.41) is 2.10. The molecule has 0 spiro atoms. The van der Waals surface area contributed by atoms with Crippen LogP contribution in [0, 0.1) is 0 Å². The van der Waals surface area contributed by atoms with E-state index in [2.05, 4.69) is 53.4 Å². The van der Waals surface area contributed by atoms with E-state index in [1.54, 1.807) is 0 Å². The van der Waals surface area contributed by atoms with Crippen LogP contribution in [-0.2, 0) is 6.54 Å². The van der Waals surface area contributed by atoms with Gasteiger partial charge in [-0.05, 0) is 17.7 Å². The first-order chi connectivity index (χ1) is 8.90. The molecule has 0 heterocycles. The summed E-state index contributed by atoms with van der Waals surface area (Å²) in [6.07, 6.45) is 1.89. The zero-order chi connectivity index (χ0) is 12.6. The van der Waals surface area contributed by atoms with Gasteiger partial charge < -0.3 is 5.01 Å². The third-order valence-corrected chi connectivity index (χ3v) is 2.70. The predicted octanol–water partition coefficient (Wildman–Crippen LogP) is 3.38. The highest BCUT2D eigenvalue weighted by Crippen LogP contribution is 2.11. The van der Waals surface area contributed by atoms with Crippen molar-refractivity contribution in [1.82, 2.24) is 5.43 Å². The normalized spacial score (nSPS) is 10.0. The monoisotopic (exact) mass is 238 g/mol. The fourth-order valence-electron chi connectivity index (χ4n) is 1.78. The van der Waals surface area contributed by atoms with Gasteiger partial charge in [-0.2, -0.15) is 0 Å². The van der Waals surface area contributed by atoms with Crippen molar-refractivity contribution in [2.45, 2.75) is 6.54 Å². The first kappa shape index (κ1) is 12.4. The molecule has 2 aromatic rings. The van der Waals surface area contributed by atoms with Gasteiger partial charge >= 0.3 is 0 Å². The largest absolute Gasteiger partial charge is 0.304 e. The molecule has 0 atom stereocenters. The molecule has 0 aromatic heterocycles. The van der Waals surface area contributed by atoms with Crippen LogP contribution in [0.5, 0.6) is 0 Å². The lowest BCUT2D eigenvalue weighted by atomic mass is 10.2. The predicted molar refractivity (Wildman–Crippen MR) is 77.3 cm³/mol. The van der Waals surface area contributed by atoms with E-state index in [1.807, 2.05) is 30.3 Å². The average Bonchev–Trinajstić information content (AvgIpc) is 2.45. The Kier molecular flexibility index (Phi) is 4.56. The lowest BCUT2D eigenvalue weighted by molar-refractivity contribution is 0.653. The van der Waals surface area contributed by atoms with Crippen molar-refractivity contribution in [3.63, 3.8) is 0 Å². The molecule has 1 N–H and O–H groups in total. The Balaban J connectivity index is 2.01. The Morgan fingerprint density at radius 3 is 2.17 bits per heavy atom. The van der Waals surface area contributed by atoms with Crippen LogP contribution >= 0.6 is 0 Å². The minimum absolute atomic E-state index is 0.775. The summed E-state index contributed by atoms with van der Waals surface area (Å²) in [4.78, 5) is 0. The van der Waals surface area contributed by atoms with E-state index in [0.717, 1.165) is 18.8 Å². The second-order valence-corrected chi connectivity index (χ2v) is 4.06. The summed E-state index contributed by atoms with van der Waals surface area (Å²) in [5.74, 6) is 0. The quantitative estimate of drug-likeness (QED) is 0.613. The maximum absolute atomic E-state index is 3.80. The topological polar surface area (TPSA) is 15.3 Å². The number of nitrogens with one attached hydrogen (secondary N) is 1. The summed E-state index contributed by atoms with van der Waals surface area (Å²) >= 11 is 0. The Morgan fingerprint density at radius 2 is 1.56 bits per heavy atom. The minimum Gasteiger partial charge on any atom is -0.304 e. The molecule has 0 bridgehead atoms. The highest BCUT2D eigenvalue weighted by atomic mass is 15.5. The lowest BCUT2D eigenvalue weighted by Gasteiger charge is -2.24. The number of benzene rings is 2. The smallest absolute Gasteiger partial charge is 0.0523 e.